The quantitative estimate of drug-likeness (QED) is 0.516. The van der Waals surface area contributed by atoms with Crippen LogP contribution < -0.4 is 11.2 Å². The molecule has 0 aromatic heterocycles. The van der Waals surface area contributed by atoms with E-state index in [-0.39, 0.29) is 10.8 Å². The van der Waals surface area contributed by atoms with Gasteiger partial charge in [-0.3, -0.25) is 0 Å². The molecule has 0 aromatic rings. The van der Waals surface area contributed by atoms with Gasteiger partial charge >= 0.3 is 6.03 Å². The number of nitrogens with zero attached hydrogens (tertiary/aromatic N) is 1. The number of nitrogens with two attached hydrogens (primary N) is 1. The Kier molecular flexibility index (Phi) is 2.33. The summed E-state index contributed by atoms with van der Waals surface area (Å²) >= 11 is 0. The van der Waals surface area contributed by atoms with Crippen LogP contribution in [0.3, 0.4) is 0 Å². The van der Waals surface area contributed by atoms with Gasteiger partial charge in [-0.05, 0) is 24.2 Å². The first-order valence-electron chi connectivity index (χ1n) is 5.65. The van der Waals surface area contributed by atoms with Crippen molar-refractivity contribution >= 4 is 11.7 Å². The van der Waals surface area contributed by atoms with Crippen LogP contribution in [0.4, 0.5) is 4.79 Å². The van der Waals surface area contributed by atoms with Gasteiger partial charge in [-0.1, -0.05) is 32.9 Å². The zero-order valence-corrected chi connectivity index (χ0v) is 10.1. The Morgan fingerprint density at radius 2 is 2.25 bits per heavy atom. The third kappa shape index (κ3) is 1.52. The fourth-order valence-electron chi connectivity index (χ4n) is 3.24. The summed E-state index contributed by atoms with van der Waals surface area (Å²) < 4.78 is 0. The van der Waals surface area contributed by atoms with Crippen molar-refractivity contribution in [1.82, 2.24) is 5.43 Å². The Labute approximate surface area is 96.0 Å². The maximum Gasteiger partial charge on any atom is 0.332 e. The first-order valence-corrected chi connectivity index (χ1v) is 5.65. The number of rotatable bonds is 1. The Morgan fingerprint density at radius 3 is 2.88 bits per heavy atom. The van der Waals surface area contributed by atoms with Crippen LogP contribution in [-0.2, 0) is 0 Å². The Hall–Kier alpha value is -1.32. The molecule has 2 aliphatic carbocycles. The van der Waals surface area contributed by atoms with E-state index < -0.39 is 6.03 Å². The standard InChI is InChI=1S/C12H19N3O/c1-11(2)7-9(14-15-10(13)16)12(3)6-4-5-8(11)12/h4-5,8H,6-7H2,1-3H3,(H3,13,15,16)/b14-9+. The molecule has 1 fully saturated rings. The molecule has 0 radical (unpaired) electrons. The number of carbonyl (C=O) groups excluding carboxylic acids is 1. The lowest BCUT2D eigenvalue weighted by Crippen LogP contribution is -2.31. The van der Waals surface area contributed by atoms with Crippen molar-refractivity contribution in [3.63, 3.8) is 0 Å². The van der Waals surface area contributed by atoms with Gasteiger partial charge in [0.1, 0.15) is 0 Å². The molecule has 0 spiro atoms. The topological polar surface area (TPSA) is 67.5 Å². The summed E-state index contributed by atoms with van der Waals surface area (Å²) in [6, 6.07) is -0.594. The van der Waals surface area contributed by atoms with Gasteiger partial charge in [0, 0.05) is 11.1 Å². The molecule has 16 heavy (non-hydrogen) atoms. The lowest BCUT2D eigenvalue weighted by Gasteiger charge is -2.30. The first kappa shape index (κ1) is 11.2. The second kappa shape index (κ2) is 3.34. The average molecular weight is 221 g/mol. The summed E-state index contributed by atoms with van der Waals surface area (Å²) in [6.07, 6.45) is 6.41. The highest BCUT2D eigenvalue weighted by atomic mass is 16.2. The van der Waals surface area contributed by atoms with E-state index in [4.69, 9.17) is 5.73 Å². The summed E-state index contributed by atoms with van der Waals surface area (Å²) in [5.41, 5.74) is 8.74. The lowest BCUT2D eigenvalue weighted by atomic mass is 9.73. The number of nitrogens with one attached hydrogen (secondary N) is 1. The van der Waals surface area contributed by atoms with Crippen LogP contribution in [0, 0.1) is 16.7 Å². The molecule has 0 saturated heterocycles. The number of hydrogen-bond acceptors (Lipinski definition) is 2. The first-order chi connectivity index (χ1) is 7.36. The molecule has 0 aliphatic heterocycles. The number of hydrogen-bond donors (Lipinski definition) is 2. The minimum atomic E-state index is -0.594. The van der Waals surface area contributed by atoms with Crippen molar-refractivity contribution in [2.75, 3.05) is 0 Å². The number of carbonyl (C=O) groups is 1. The molecule has 2 aliphatic rings. The number of hydrazone groups is 1. The highest BCUT2D eigenvalue weighted by Crippen LogP contribution is 2.57. The zero-order valence-electron chi connectivity index (χ0n) is 10.1. The third-order valence-electron chi connectivity index (χ3n) is 3.98. The van der Waals surface area contributed by atoms with E-state index in [2.05, 4.69) is 43.5 Å². The molecule has 2 unspecified atom stereocenters. The highest BCUT2D eigenvalue weighted by Gasteiger charge is 2.54. The number of fused-ring (bicyclic) bond motifs is 1. The maximum atomic E-state index is 10.7. The number of urea groups is 1. The van der Waals surface area contributed by atoms with Crippen LogP contribution in [0.2, 0.25) is 0 Å². The van der Waals surface area contributed by atoms with Crippen LogP contribution >= 0.6 is 0 Å². The monoisotopic (exact) mass is 221 g/mol. The van der Waals surface area contributed by atoms with E-state index in [0.29, 0.717) is 5.92 Å². The van der Waals surface area contributed by atoms with Gasteiger partial charge in [-0.15, -0.1) is 0 Å². The molecule has 3 N–H and O–H groups in total. The average Bonchev–Trinajstić information content (AvgIpc) is 2.62. The van der Waals surface area contributed by atoms with E-state index in [1.165, 1.54) is 0 Å². The van der Waals surface area contributed by atoms with Crippen molar-refractivity contribution in [2.45, 2.75) is 33.6 Å². The Morgan fingerprint density at radius 1 is 1.56 bits per heavy atom. The summed E-state index contributed by atoms with van der Waals surface area (Å²) in [7, 11) is 0. The molecule has 2 rings (SSSR count). The van der Waals surface area contributed by atoms with E-state index >= 15 is 0 Å². The fraction of sp³-hybridized carbons (Fsp3) is 0.667. The van der Waals surface area contributed by atoms with Gasteiger partial charge < -0.3 is 5.73 Å². The molecular formula is C12H19N3O. The molecule has 4 heteroatoms. The van der Waals surface area contributed by atoms with Crippen LogP contribution in [0.1, 0.15) is 33.6 Å². The highest BCUT2D eigenvalue weighted by molar-refractivity contribution is 5.94. The molecule has 2 atom stereocenters. The normalized spacial score (nSPS) is 37.7. The van der Waals surface area contributed by atoms with E-state index in [1.54, 1.807) is 0 Å². The van der Waals surface area contributed by atoms with Gasteiger partial charge in [-0.2, -0.15) is 5.10 Å². The third-order valence-corrected chi connectivity index (χ3v) is 3.98. The largest absolute Gasteiger partial charge is 0.350 e. The molecule has 88 valence electrons. The van der Waals surface area contributed by atoms with Gasteiger partial charge in [0.05, 0.1) is 0 Å². The minimum absolute atomic E-state index is 0.0615. The minimum Gasteiger partial charge on any atom is -0.350 e. The second-order valence-electron chi connectivity index (χ2n) is 5.73. The zero-order chi connectivity index (χ0) is 12.0. The van der Waals surface area contributed by atoms with Gasteiger partial charge in [0.25, 0.3) is 0 Å². The summed E-state index contributed by atoms with van der Waals surface area (Å²) in [5.74, 6) is 0.508. The van der Waals surface area contributed by atoms with Crippen molar-refractivity contribution in [3.8, 4) is 0 Å². The van der Waals surface area contributed by atoms with Gasteiger partial charge in [0.15, 0.2) is 0 Å². The van der Waals surface area contributed by atoms with E-state index in [0.717, 1.165) is 18.6 Å². The Balaban J connectivity index is 2.30. The summed E-state index contributed by atoms with van der Waals surface area (Å²) in [6.45, 7) is 6.71. The molecule has 4 nitrogen and oxygen atoms in total. The number of allylic oxidation sites excluding steroid dienone is 2. The van der Waals surface area contributed by atoms with Crippen LogP contribution in [0.15, 0.2) is 17.3 Å². The van der Waals surface area contributed by atoms with Gasteiger partial charge in [0.2, 0.25) is 0 Å². The predicted octanol–water partition coefficient (Wildman–Crippen LogP) is 2.02. The molecule has 2 amide bonds. The second-order valence-corrected chi connectivity index (χ2v) is 5.73. The molecule has 0 aromatic carbocycles. The maximum absolute atomic E-state index is 10.7. The molecule has 0 heterocycles. The van der Waals surface area contributed by atoms with Crippen molar-refractivity contribution < 1.29 is 4.79 Å². The molecule has 0 bridgehead atoms. The molecular weight excluding hydrogens is 202 g/mol. The number of amides is 2. The van der Waals surface area contributed by atoms with E-state index in [9.17, 15) is 4.79 Å². The van der Waals surface area contributed by atoms with Crippen molar-refractivity contribution in [1.29, 1.82) is 0 Å². The fourth-order valence-corrected chi connectivity index (χ4v) is 3.24. The van der Waals surface area contributed by atoms with Crippen LogP contribution in [0.5, 0.6) is 0 Å². The lowest BCUT2D eigenvalue weighted by molar-refractivity contribution is 0.226. The summed E-state index contributed by atoms with van der Waals surface area (Å²) in [4.78, 5) is 10.7. The SMILES string of the molecule is CC1(C)C/C(=N\NC(N)=O)C2(C)CC=CC12. The predicted molar refractivity (Wildman–Crippen MR) is 63.9 cm³/mol. The molecule has 1 saturated carbocycles. The van der Waals surface area contributed by atoms with Crippen molar-refractivity contribution in [2.24, 2.45) is 27.6 Å². The smallest absolute Gasteiger partial charge is 0.332 e. The van der Waals surface area contributed by atoms with Crippen LogP contribution in [-0.4, -0.2) is 11.7 Å². The van der Waals surface area contributed by atoms with E-state index in [1.807, 2.05) is 0 Å². The summed E-state index contributed by atoms with van der Waals surface area (Å²) in [5, 5.41) is 4.18. The van der Waals surface area contributed by atoms with Crippen molar-refractivity contribution in [3.05, 3.63) is 12.2 Å². The number of primary amides is 1. The Bertz CT molecular complexity index is 384. The van der Waals surface area contributed by atoms with Gasteiger partial charge in [-0.25, -0.2) is 10.2 Å². The van der Waals surface area contributed by atoms with Crippen LogP contribution in [0.25, 0.3) is 0 Å².